The molecule has 0 amide bonds. The number of hydrogen-bond donors (Lipinski definition) is 0. The number of rotatable bonds is 4. The second-order valence-electron chi connectivity index (χ2n) is 7.53. The first-order chi connectivity index (χ1) is 11.2. The van der Waals surface area contributed by atoms with Gasteiger partial charge in [-0.1, -0.05) is 6.92 Å². The summed E-state index contributed by atoms with van der Waals surface area (Å²) < 4.78 is 35.5. The van der Waals surface area contributed by atoms with Crippen LogP contribution in [-0.4, -0.2) is 61.3 Å². The van der Waals surface area contributed by atoms with Gasteiger partial charge in [-0.25, -0.2) is 0 Å². The topological polar surface area (TPSA) is 72.5 Å². The molecule has 138 valence electrons. The molecule has 0 unspecified atom stereocenters. The van der Waals surface area contributed by atoms with E-state index in [4.69, 9.17) is 28.4 Å². The lowest BCUT2D eigenvalue weighted by atomic mass is 9.84. The molecule has 0 bridgehead atoms. The van der Waals surface area contributed by atoms with Gasteiger partial charge in [0, 0.05) is 13.5 Å². The van der Waals surface area contributed by atoms with E-state index in [1.165, 1.54) is 0 Å². The van der Waals surface area contributed by atoms with Gasteiger partial charge >= 0.3 is 5.97 Å². The number of ether oxygens (including phenoxy) is 6. The van der Waals surface area contributed by atoms with Crippen LogP contribution in [0.2, 0.25) is 0 Å². The molecule has 0 aromatic carbocycles. The van der Waals surface area contributed by atoms with Crippen molar-refractivity contribution in [3.05, 3.63) is 0 Å². The van der Waals surface area contributed by atoms with Crippen LogP contribution in [0.1, 0.15) is 47.5 Å². The highest BCUT2D eigenvalue weighted by atomic mass is 16.8. The number of methoxy groups -OCH3 is 1. The summed E-state index contributed by atoms with van der Waals surface area (Å²) in [7, 11) is 1.58. The van der Waals surface area contributed by atoms with E-state index in [2.05, 4.69) is 0 Å². The van der Waals surface area contributed by atoms with Gasteiger partial charge in [-0.05, 0) is 34.1 Å². The molecule has 2 heterocycles. The smallest absolute Gasteiger partial charge is 0.306 e. The fourth-order valence-electron chi connectivity index (χ4n) is 3.84. The number of fused-ring (bicyclic) bond motifs is 3. The van der Waals surface area contributed by atoms with Crippen molar-refractivity contribution in [3.8, 4) is 0 Å². The van der Waals surface area contributed by atoms with Crippen molar-refractivity contribution in [1.82, 2.24) is 0 Å². The lowest BCUT2D eigenvalue weighted by molar-refractivity contribution is -0.204. The Morgan fingerprint density at radius 3 is 1.79 bits per heavy atom. The first kappa shape index (κ1) is 18.1. The molecule has 1 saturated carbocycles. The molecule has 1 aliphatic carbocycles. The molecule has 3 aliphatic rings. The maximum atomic E-state index is 12.1. The molecule has 2 saturated heterocycles. The van der Waals surface area contributed by atoms with Crippen LogP contribution < -0.4 is 0 Å². The second-order valence-corrected chi connectivity index (χ2v) is 7.53. The number of esters is 1. The van der Waals surface area contributed by atoms with Gasteiger partial charge in [0.1, 0.15) is 30.5 Å². The zero-order valence-corrected chi connectivity index (χ0v) is 15.2. The molecule has 7 heteroatoms. The van der Waals surface area contributed by atoms with Crippen LogP contribution in [0.25, 0.3) is 0 Å². The summed E-state index contributed by atoms with van der Waals surface area (Å²) in [4.78, 5) is 12.1. The molecule has 0 aromatic heterocycles. The van der Waals surface area contributed by atoms with Crippen LogP contribution in [-0.2, 0) is 33.2 Å². The summed E-state index contributed by atoms with van der Waals surface area (Å²) in [6.45, 7) is 9.32. The highest BCUT2D eigenvalue weighted by Gasteiger charge is 2.64. The van der Waals surface area contributed by atoms with Gasteiger partial charge in [0.15, 0.2) is 17.7 Å². The first-order valence-corrected chi connectivity index (χ1v) is 8.61. The quantitative estimate of drug-likeness (QED) is 0.720. The van der Waals surface area contributed by atoms with Crippen LogP contribution in [0.5, 0.6) is 0 Å². The van der Waals surface area contributed by atoms with Gasteiger partial charge in [-0.2, -0.15) is 0 Å². The van der Waals surface area contributed by atoms with Crippen LogP contribution in [0.15, 0.2) is 0 Å². The highest BCUT2D eigenvalue weighted by molar-refractivity contribution is 5.69. The predicted octanol–water partition coefficient (Wildman–Crippen LogP) is 1.77. The monoisotopic (exact) mass is 344 g/mol. The number of carbonyl (C=O) groups is 1. The minimum Gasteiger partial charge on any atom is -0.457 e. The van der Waals surface area contributed by atoms with Gasteiger partial charge in [-0.3, -0.25) is 4.79 Å². The normalized spacial score (nSPS) is 42.4. The Morgan fingerprint density at radius 1 is 0.875 bits per heavy atom. The summed E-state index contributed by atoms with van der Waals surface area (Å²) in [6.07, 6.45) is -1.55. The third-order valence-corrected chi connectivity index (χ3v) is 4.62. The molecule has 7 nitrogen and oxygen atoms in total. The van der Waals surface area contributed by atoms with E-state index in [1.54, 1.807) is 7.11 Å². The molecule has 0 aromatic rings. The van der Waals surface area contributed by atoms with Gasteiger partial charge < -0.3 is 28.4 Å². The van der Waals surface area contributed by atoms with Crippen LogP contribution in [0.4, 0.5) is 0 Å². The third kappa shape index (κ3) is 3.20. The van der Waals surface area contributed by atoms with Crippen molar-refractivity contribution in [3.63, 3.8) is 0 Å². The Hall–Kier alpha value is -0.730. The molecule has 3 fully saturated rings. The van der Waals surface area contributed by atoms with Crippen LogP contribution >= 0.6 is 0 Å². The van der Waals surface area contributed by atoms with Crippen molar-refractivity contribution in [2.24, 2.45) is 0 Å². The molecule has 6 atom stereocenters. The van der Waals surface area contributed by atoms with Gasteiger partial charge in [0.25, 0.3) is 0 Å². The van der Waals surface area contributed by atoms with Crippen LogP contribution in [0, 0.1) is 0 Å². The zero-order chi connectivity index (χ0) is 17.7. The Labute approximate surface area is 142 Å². The summed E-state index contributed by atoms with van der Waals surface area (Å²) in [5.74, 6) is -1.81. The van der Waals surface area contributed by atoms with E-state index in [9.17, 15) is 4.79 Å². The van der Waals surface area contributed by atoms with Crippen molar-refractivity contribution in [2.75, 3.05) is 7.11 Å². The fourth-order valence-corrected chi connectivity index (χ4v) is 3.84. The zero-order valence-electron chi connectivity index (χ0n) is 15.2. The van der Waals surface area contributed by atoms with Crippen molar-refractivity contribution in [2.45, 2.75) is 95.7 Å². The lowest BCUT2D eigenvalue weighted by Gasteiger charge is -2.41. The summed E-state index contributed by atoms with van der Waals surface area (Å²) in [6, 6.07) is 0. The van der Waals surface area contributed by atoms with Crippen molar-refractivity contribution < 1.29 is 33.2 Å². The lowest BCUT2D eigenvalue weighted by Crippen LogP contribution is -2.63. The SMILES string of the molecule is CCCC(=O)O[C@H]1[C@H](OC)[C@H]2OC(C)(C)O[C@H]2[C@@H]2OC(C)(C)O[C@H]12. The first-order valence-electron chi connectivity index (χ1n) is 8.61. The molecule has 0 radical (unpaired) electrons. The van der Waals surface area contributed by atoms with Gasteiger partial charge in [0.05, 0.1) is 0 Å². The van der Waals surface area contributed by atoms with Crippen molar-refractivity contribution >= 4 is 5.97 Å². The maximum Gasteiger partial charge on any atom is 0.306 e. The molecule has 3 rings (SSSR count). The third-order valence-electron chi connectivity index (χ3n) is 4.62. The highest BCUT2D eigenvalue weighted by Crippen LogP contribution is 2.46. The average Bonchev–Trinajstić information content (AvgIpc) is 2.95. The Kier molecular flexibility index (Phi) is 4.68. The predicted molar refractivity (Wildman–Crippen MR) is 83.2 cm³/mol. The van der Waals surface area contributed by atoms with E-state index >= 15 is 0 Å². The second kappa shape index (κ2) is 6.21. The minimum atomic E-state index is -0.784. The molecule has 2 aliphatic heterocycles. The average molecular weight is 344 g/mol. The van der Waals surface area contributed by atoms with Crippen LogP contribution in [0.3, 0.4) is 0 Å². The van der Waals surface area contributed by atoms with Gasteiger partial charge in [0.2, 0.25) is 0 Å². The molecular weight excluding hydrogens is 316 g/mol. The molecule has 0 N–H and O–H groups in total. The summed E-state index contributed by atoms with van der Waals surface area (Å²) in [5, 5.41) is 0. The van der Waals surface area contributed by atoms with E-state index in [0.717, 1.165) is 6.42 Å². The number of carbonyl (C=O) groups excluding carboxylic acids is 1. The van der Waals surface area contributed by atoms with E-state index in [1.807, 2.05) is 34.6 Å². The Bertz CT molecular complexity index is 489. The molecule has 0 spiro atoms. The summed E-state index contributed by atoms with van der Waals surface area (Å²) in [5.41, 5.74) is 0. The van der Waals surface area contributed by atoms with E-state index in [-0.39, 0.29) is 24.3 Å². The maximum absolute atomic E-state index is 12.1. The van der Waals surface area contributed by atoms with E-state index in [0.29, 0.717) is 6.42 Å². The standard InChI is InChI=1S/C17H28O7/c1-7-8-9(18)20-11-10(19-6)12-14(23-16(2,3)21-12)15-13(11)22-17(4,5)24-15/h10-15H,7-8H2,1-6H3/t10-,11-,12+,13+,14+,15+/m0/s1. The Morgan fingerprint density at radius 2 is 1.33 bits per heavy atom. The minimum absolute atomic E-state index is 0.270. The van der Waals surface area contributed by atoms with Crippen molar-refractivity contribution in [1.29, 1.82) is 0 Å². The van der Waals surface area contributed by atoms with E-state index < -0.39 is 29.9 Å². The largest absolute Gasteiger partial charge is 0.457 e. The molecular formula is C17H28O7. The summed E-state index contributed by atoms with van der Waals surface area (Å²) >= 11 is 0. The molecule has 24 heavy (non-hydrogen) atoms. The fraction of sp³-hybridized carbons (Fsp3) is 0.941. The number of hydrogen-bond acceptors (Lipinski definition) is 7. The Balaban J connectivity index is 1.90. The van der Waals surface area contributed by atoms with Gasteiger partial charge in [-0.15, -0.1) is 0 Å².